The summed E-state index contributed by atoms with van der Waals surface area (Å²) in [6.07, 6.45) is 1.49. The van der Waals surface area contributed by atoms with Gasteiger partial charge in [-0.05, 0) is 0 Å². The summed E-state index contributed by atoms with van der Waals surface area (Å²) in [7, 11) is 0. The fourth-order valence-electron chi connectivity index (χ4n) is 0.323. The van der Waals surface area contributed by atoms with Crippen molar-refractivity contribution >= 4 is 18.6 Å². The molecule has 0 aromatic heterocycles. The molecule has 0 radical (unpaired) electrons. The number of carbonyl (C=O) groups is 1. The van der Waals surface area contributed by atoms with E-state index in [0.29, 0.717) is 5.75 Å². The van der Waals surface area contributed by atoms with E-state index in [1.165, 1.54) is 6.08 Å². The second-order valence-electron chi connectivity index (χ2n) is 1.71. The van der Waals surface area contributed by atoms with Crippen LogP contribution in [0.15, 0.2) is 12.7 Å². The molecule has 2 N–H and O–H groups in total. The van der Waals surface area contributed by atoms with Crippen molar-refractivity contribution < 1.29 is 9.53 Å². The van der Waals surface area contributed by atoms with Crippen LogP contribution in [0.1, 0.15) is 0 Å². The van der Waals surface area contributed by atoms with Crippen molar-refractivity contribution in [1.29, 1.82) is 0 Å². The van der Waals surface area contributed by atoms with E-state index in [0.717, 1.165) is 0 Å². The lowest BCUT2D eigenvalue weighted by Crippen LogP contribution is -2.33. The van der Waals surface area contributed by atoms with Gasteiger partial charge in [-0.15, -0.1) is 0 Å². The molecule has 1 atom stereocenters. The van der Waals surface area contributed by atoms with Crippen molar-refractivity contribution in [2.75, 3.05) is 12.4 Å². The van der Waals surface area contributed by atoms with E-state index in [9.17, 15) is 4.79 Å². The van der Waals surface area contributed by atoms with Crippen LogP contribution in [0.5, 0.6) is 0 Å². The van der Waals surface area contributed by atoms with Crippen molar-refractivity contribution in [3.8, 4) is 0 Å². The van der Waals surface area contributed by atoms with Crippen LogP contribution in [-0.4, -0.2) is 24.4 Å². The smallest absolute Gasteiger partial charge is 0.324 e. The van der Waals surface area contributed by atoms with Crippen molar-refractivity contribution in [1.82, 2.24) is 0 Å². The van der Waals surface area contributed by atoms with Gasteiger partial charge in [-0.3, -0.25) is 4.79 Å². The molecule has 0 amide bonds. The highest BCUT2D eigenvalue weighted by Crippen LogP contribution is 1.88. The number of carbonyl (C=O) groups excluding carboxylic acids is 1. The molecule has 58 valence electrons. The average molecular weight is 161 g/mol. The Bertz CT molecular complexity index is 127. The Hall–Kier alpha value is -0.480. The highest BCUT2D eigenvalue weighted by Gasteiger charge is 2.10. The predicted octanol–water partition coefficient (Wildman–Crippen LogP) is -0.0273. The van der Waals surface area contributed by atoms with E-state index in [2.05, 4.69) is 23.9 Å². The van der Waals surface area contributed by atoms with Crippen molar-refractivity contribution in [3.05, 3.63) is 12.7 Å². The Morgan fingerprint density at radius 1 is 1.90 bits per heavy atom. The van der Waals surface area contributed by atoms with Crippen LogP contribution in [0.4, 0.5) is 0 Å². The molecule has 0 saturated carbocycles. The van der Waals surface area contributed by atoms with E-state index in [-0.39, 0.29) is 6.61 Å². The minimum atomic E-state index is -0.622. The summed E-state index contributed by atoms with van der Waals surface area (Å²) in [6, 6.07) is -0.622. The minimum Gasteiger partial charge on any atom is -0.460 e. The lowest BCUT2D eigenvalue weighted by molar-refractivity contribution is -0.143. The molecule has 10 heavy (non-hydrogen) atoms. The van der Waals surface area contributed by atoms with Crippen LogP contribution in [-0.2, 0) is 9.53 Å². The van der Waals surface area contributed by atoms with Crippen LogP contribution < -0.4 is 5.73 Å². The molecular weight excluding hydrogens is 150 g/mol. The number of hydrogen-bond donors (Lipinski definition) is 2. The summed E-state index contributed by atoms with van der Waals surface area (Å²) in [5, 5.41) is 0. The molecule has 0 aromatic carbocycles. The van der Waals surface area contributed by atoms with Crippen molar-refractivity contribution in [2.24, 2.45) is 5.73 Å². The second kappa shape index (κ2) is 5.32. The molecule has 3 nitrogen and oxygen atoms in total. The molecule has 0 fully saturated rings. The van der Waals surface area contributed by atoms with Gasteiger partial charge in [-0.25, -0.2) is 0 Å². The summed E-state index contributed by atoms with van der Waals surface area (Å²) in [5.74, 6) is -0.134. The number of hydrogen-bond acceptors (Lipinski definition) is 4. The van der Waals surface area contributed by atoms with Crippen LogP contribution >= 0.6 is 12.6 Å². The first kappa shape index (κ1) is 9.52. The summed E-state index contributed by atoms with van der Waals surface area (Å²) < 4.78 is 4.61. The van der Waals surface area contributed by atoms with Gasteiger partial charge >= 0.3 is 5.97 Å². The highest BCUT2D eigenvalue weighted by atomic mass is 32.1. The first-order valence-corrected chi connectivity index (χ1v) is 3.49. The summed E-state index contributed by atoms with van der Waals surface area (Å²) in [6.45, 7) is 3.59. The molecule has 0 spiro atoms. The topological polar surface area (TPSA) is 52.3 Å². The van der Waals surface area contributed by atoms with E-state index in [4.69, 9.17) is 5.73 Å². The van der Waals surface area contributed by atoms with Gasteiger partial charge in [0.1, 0.15) is 12.6 Å². The van der Waals surface area contributed by atoms with Gasteiger partial charge in [0, 0.05) is 5.75 Å². The molecule has 0 bridgehead atoms. The molecule has 0 rings (SSSR count). The molecule has 0 unspecified atom stereocenters. The van der Waals surface area contributed by atoms with Gasteiger partial charge in [-0.2, -0.15) is 12.6 Å². The lowest BCUT2D eigenvalue weighted by atomic mass is 10.4. The van der Waals surface area contributed by atoms with Gasteiger partial charge in [0.2, 0.25) is 0 Å². The molecule has 4 heteroatoms. The van der Waals surface area contributed by atoms with Gasteiger partial charge in [0.25, 0.3) is 0 Å². The summed E-state index contributed by atoms with van der Waals surface area (Å²) in [5.41, 5.74) is 5.27. The lowest BCUT2D eigenvalue weighted by Gasteiger charge is -2.05. The standard InChI is InChI=1S/C6H11NO2S/c1-2-3-9-6(8)5(7)4-10/h2,5,10H,1,3-4,7H2/t5-/m0/s1. The maximum Gasteiger partial charge on any atom is 0.324 e. The zero-order valence-electron chi connectivity index (χ0n) is 5.62. The van der Waals surface area contributed by atoms with Gasteiger partial charge in [0.05, 0.1) is 0 Å². The third-order valence-corrected chi connectivity index (χ3v) is 1.24. The van der Waals surface area contributed by atoms with Crippen molar-refractivity contribution in [3.63, 3.8) is 0 Å². The number of ether oxygens (including phenoxy) is 1. The fraction of sp³-hybridized carbons (Fsp3) is 0.500. The SMILES string of the molecule is C=CCOC(=O)[C@@H](N)CS. The van der Waals surface area contributed by atoms with E-state index in [1.807, 2.05) is 0 Å². The maximum atomic E-state index is 10.7. The molecule has 0 aliphatic carbocycles. The average Bonchev–Trinajstić information content (AvgIpc) is 1.98. The van der Waals surface area contributed by atoms with Crippen LogP contribution in [0.25, 0.3) is 0 Å². The van der Waals surface area contributed by atoms with Crippen LogP contribution in [0.3, 0.4) is 0 Å². The second-order valence-corrected chi connectivity index (χ2v) is 2.07. The van der Waals surface area contributed by atoms with Gasteiger partial charge in [-0.1, -0.05) is 12.7 Å². The number of nitrogens with two attached hydrogens (primary N) is 1. The maximum absolute atomic E-state index is 10.7. The third kappa shape index (κ3) is 3.53. The van der Waals surface area contributed by atoms with Crippen LogP contribution in [0.2, 0.25) is 0 Å². The Balaban J connectivity index is 3.51. The monoisotopic (exact) mass is 161 g/mol. The highest BCUT2D eigenvalue weighted by molar-refractivity contribution is 7.80. The van der Waals surface area contributed by atoms with Crippen LogP contribution in [0, 0.1) is 0 Å². The Morgan fingerprint density at radius 3 is 2.90 bits per heavy atom. The van der Waals surface area contributed by atoms with Gasteiger partial charge in [0.15, 0.2) is 0 Å². The van der Waals surface area contributed by atoms with Gasteiger partial charge < -0.3 is 10.5 Å². The first-order valence-electron chi connectivity index (χ1n) is 2.86. The molecule has 0 aliphatic heterocycles. The van der Waals surface area contributed by atoms with E-state index < -0.39 is 12.0 Å². The number of esters is 1. The fourth-order valence-corrected chi connectivity index (χ4v) is 0.472. The largest absolute Gasteiger partial charge is 0.460 e. The first-order chi connectivity index (χ1) is 4.72. The Kier molecular flexibility index (Phi) is 5.06. The Morgan fingerprint density at radius 2 is 2.50 bits per heavy atom. The van der Waals surface area contributed by atoms with E-state index in [1.54, 1.807) is 0 Å². The zero-order chi connectivity index (χ0) is 7.98. The van der Waals surface area contributed by atoms with Crippen molar-refractivity contribution in [2.45, 2.75) is 6.04 Å². The zero-order valence-corrected chi connectivity index (χ0v) is 6.51. The number of rotatable bonds is 4. The predicted molar refractivity (Wildman–Crippen MR) is 43.0 cm³/mol. The normalized spacial score (nSPS) is 12.2. The summed E-state index contributed by atoms with van der Waals surface area (Å²) in [4.78, 5) is 10.7. The molecule has 0 aromatic rings. The molecule has 0 saturated heterocycles. The van der Waals surface area contributed by atoms with E-state index >= 15 is 0 Å². The minimum absolute atomic E-state index is 0.209. The molecule has 0 heterocycles. The quantitative estimate of drug-likeness (QED) is 0.346. The molecule has 0 aliphatic rings. The molecular formula is C6H11NO2S. The third-order valence-electron chi connectivity index (χ3n) is 0.843. The number of thiol groups is 1. The Labute approximate surface area is 65.6 Å². The summed E-state index contributed by atoms with van der Waals surface area (Å²) >= 11 is 3.83.